The second kappa shape index (κ2) is 6.49. The third kappa shape index (κ3) is 2.52. The lowest BCUT2D eigenvalue weighted by atomic mass is 9.98. The van der Waals surface area contributed by atoms with Crippen molar-refractivity contribution in [2.75, 3.05) is 13.2 Å². The zero-order valence-electron chi connectivity index (χ0n) is 15.7. The first kappa shape index (κ1) is 17.0. The summed E-state index contributed by atoms with van der Waals surface area (Å²) < 4.78 is 7.83. The second-order valence-electron chi connectivity index (χ2n) is 7.25. The number of ether oxygens (including phenoxy) is 1. The third-order valence-electron chi connectivity index (χ3n) is 5.65. The molecular weight excluding hydrogens is 356 g/mol. The number of amides is 1. The average Bonchev–Trinajstić information content (AvgIpc) is 3.13. The van der Waals surface area contributed by atoms with Crippen molar-refractivity contribution in [1.29, 1.82) is 0 Å². The van der Waals surface area contributed by atoms with Crippen LogP contribution in [0, 0.1) is 13.8 Å². The van der Waals surface area contributed by atoms with Crippen LogP contribution in [-0.4, -0.2) is 54.8 Å². The molecule has 3 aromatic rings. The molecule has 1 amide bonds. The second-order valence-corrected chi connectivity index (χ2v) is 7.25. The fraction of sp³-hybridized carbons (Fsp3) is 0.350. The van der Waals surface area contributed by atoms with Crippen LogP contribution in [0.25, 0.3) is 11.5 Å². The van der Waals surface area contributed by atoms with Crippen molar-refractivity contribution in [1.82, 2.24) is 29.6 Å². The van der Waals surface area contributed by atoms with E-state index in [0.717, 1.165) is 22.5 Å². The van der Waals surface area contributed by atoms with Gasteiger partial charge in [0.15, 0.2) is 11.6 Å². The van der Waals surface area contributed by atoms with Gasteiger partial charge in [-0.1, -0.05) is 12.1 Å². The molecule has 2 atom stereocenters. The summed E-state index contributed by atoms with van der Waals surface area (Å²) >= 11 is 0. The van der Waals surface area contributed by atoms with Crippen LogP contribution in [0.4, 0.5) is 0 Å². The zero-order chi connectivity index (χ0) is 19.3. The van der Waals surface area contributed by atoms with Crippen LogP contribution in [0.2, 0.25) is 0 Å². The van der Waals surface area contributed by atoms with E-state index in [0.29, 0.717) is 31.3 Å². The Kier molecular flexibility index (Phi) is 3.94. The molecule has 0 radical (unpaired) electrons. The van der Waals surface area contributed by atoms with E-state index in [2.05, 4.69) is 24.7 Å². The third-order valence-corrected chi connectivity index (χ3v) is 5.65. The van der Waals surface area contributed by atoms with Crippen LogP contribution in [0.15, 0.2) is 36.8 Å². The monoisotopic (exact) mass is 376 g/mol. The van der Waals surface area contributed by atoms with E-state index in [1.54, 1.807) is 18.6 Å². The molecule has 2 aliphatic rings. The van der Waals surface area contributed by atoms with Gasteiger partial charge in [-0.05, 0) is 31.0 Å². The molecule has 5 rings (SSSR count). The fourth-order valence-electron chi connectivity index (χ4n) is 4.06. The molecule has 28 heavy (non-hydrogen) atoms. The summed E-state index contributed by atoms with van der Waals surface area (Å²) in [4.78, 5) is 23.9. The molecule has 2 bridgehead atoms. The highest BCUT2D eigenvalue weighted by Gasteiger charge is 2.44. The Bertz CT molecular complexity index is 1050. The summed E-state index contributed by atoms with van der Waals surface area (Å²) in [5.41, 5.74) is 3.53. The number of rotatable bonds is 2. The molecule has 4 heterocycles. The van der Waals surface area contributed by atoms with Gasteiger partial charge in [0.25, 0.3) is 5.91 Å². The lowest BCUT2D eigenvalue weighted by Gasteiger charge is -2.45. The summed E-state index contributed by atoms with van der Waals surface area (Å²) in [6.07, 6.45) is 4.95. The topological polar surface area (TPSA) is 86.0 Å². The van der Waals surface area contributed by atoms with Crippen molar-refractivity contribution in [3.63, 3.8) is 0 Å². The van der Waals surface area contributed by atoms with Crippen LogP contribution < -0.4 is 0 Å². The SMILES string of the molecule is Cc1cccc(C(=O)N2[C@H]3COC[C@@H]2c2nnc(-c4cnccn4)n2C3)c1C. The van der Waals surface area contributed by atoms with Crippen molar-refractivity contribution < 1.29 is 9.53 Å². The largest absolute Gasteiger partial charge is 0.377 e. The number of carbonyl (C=O) groups excluding carboxylic acids is 1. The standard InChI is InChI=1S/C20H20N6O2/c1-12-4-3-5-15(13(12)2)20(27)26-14-9-25-18(16-8-21-6-7-22-16)23-24-19(25)17(26)11-28-10-14/h3-8,14,17H,9-11H2,1-2H3/t14-,17-/m1/s1. The lowest BCUT2D eigenvalue weighted by Crippen LogP contribution is -2.56. The van der Waals surface area contributed by atoms with E-state index in [-0.39, 0.29) is 18.0 Å². The number of fused-ring (bicyclic) bond motifs is 4. The maximum Gasteiger partial charge on any atom is 0.255 e. The van der Waals surface area contributed by atoms with Gasteiger partial charge in [-0.2, -0.15) is 0 Å². The van der Waals surface area contributed by atoms with Crippen LogP contribution >= 0.6 is 0 Å². The molecule has 8 nitrogen and oxygen atoms in total. The van der Waals surface area contributed by atoms with Gasteiger partial charge in [0, 0.05) is 24.5 Å². The highest BCUT2D eigenvalue weighted by molar-refractivity contribution is 5.96. The lowest BCUT2D eigenvalue weighted by molar-refractivity contribution is -0.0569. The number of aryl methyl sites for hydroxylation is 1. The highest BCUT2D eigenvalue weighted by Crippen LogP contribution is 2.35. The fourth-order valence-corrected chi connectivity index (χ4v) is 4.06. The Morgan fingerprint density at radius 3 is 2.89 bits per heavy atom. The molecule has 2 aromatic heterocycles. The van der Waals surface area contributed by atoms with Gasteiger partial charge in [0.05, 0.1) is 25.5 Å². The average molecular weight is 376 g/mol. The van der Waals surface area contributed by atoms with Gasteiger partial charge in [-0.15, -0.1) is 10.2 Å². The normalized spacial score (nSPS) is 20.7. The molecule has 2 aliphatic heterocycles. The number of aromatic nitrogens is 5. The smallest absolute Gasteiger partial charge is 0.255 e. The Morgan fingerprint density at radius 2 is 2.07 bits per heavy atom. The van der Waals surface area contributed by atoms with Crippen molar-refractivity contribution in [2.24, 2.45) is 0 Å². The maximum atomic E-state index is 13.5. The van der Waals surface area contributed by atoms with Gasteiger partial charge in [-0.25, -0.2) is 4.98 Å². The summed E-state index contributed by atoms with van der Waals surface area (Å²) in [7, 11) is 0. The first-order valence-corrected chi connectivity index (χ1v) is 9.31. The number of nitrogens with zero attached hydrogens (tertiary/aromatic N) is 6. The Morgan fingerprint density at radius 1 is 1.18 bits per heavy atom. The van der Waals surface area contributed by atoms with Crippen LogP contribution in [0.1, 0.15) is 33.4 Å². The number of benzene rings is 1. The van der Waals surface area contributed by atoms with E-state index < -0.39 is 0 Å². The minimum atomic E-state index is -0.266. The molecule has 0 N–H and O–H groups in total. The summed E-state index contributed by atoms with van der Waals surface area (Å²) in [6.45, 7) is 5.49. The van der Waals surface area contributed by atoms with Gasteiger partial charge in [0.1, 0.15) is 11.7 Å². The molecule has 0 saturated carbocycles. The van der Waals surface area contributed by atoms with Crippen molar-refractivity contribution in [3.8, 4) is 11.5 Å². The van der Waals surface area contributed by atoms with Gasteiger partial charge in [-0.3, -0.25) is 9.78 Å². The zero-order valence-corrected chi connectivity index (χ0v) is 15.7. The summed E-state index contributed by atoms with van der Waals surface area (Å²) in [5.74, 6) is 1.43. The minimum Gasteiger partial charge on any atom is -0.377 e. The van der Waals surface area contributed by atoms with E-state index in [4.69, 9.17) is 4.74 Å². The van der Waals surface area contributed by atoms with Gasteiger partial charge in [0.2, 0.25) is 0 Å². The summed E-state index contributed by atoms with van der Waals surface area (Å²) in [6, 6.07) is 5.50. The Balaban J connectivity index is 1.56. The molecule has 1 aromatic carbocycles. The van der Waals surface area contributed by atoms with E-state index in [1.165, 1.54) is 0 Å². The Hall–Kier alpha value is -3.13. The quantitative estimate of drug-likeness (QED) is 0.679. The predicted octanol–water partition coefficient (Wildman–Crippen LogP) is 1.95. The van der Waals surface area contributed by atoms with Crippen molar-refractivity contribution in [2.45, 2.75) is 32.5 Å². The minimum absolute atomic E-state index is 0.0230. The van der Waals surface area contributed by atoms with Crippen molar-refractivity contribution >= 4 is 5.91 Å². The molecule has 142 valence electrons. The van der Waals surface area contributed by atoms with Gasteiger partial charge < -0.3 is 14.2 Å². The molecule has 0 unspecified atom stereocenters. The van der Waals surface area contributed by atoms with Crippen molar-refractivity contribution in [3.05, 3.63) is 59.3 Å². The number of hydrogen-bond acceptors (Lipinski definition) is 6. The molecule has 1 saturated heterocycles. The number of hydrogen-bond donors (Lipinski definition) is 0. The molecule has 0 aliphatic carbocycles. The highest BCUT2D eigenvalue weighted by atomic mass is 16.5. The number of morpholine rings is 1. The maximum absolute atomic E-state index is 13.5. The van der Waals surface area contributed by atoms with Crippen LogP contribution in [0.5, 0.6) is 0 Å². The van der Waals surface area contributed by atoms with E-state index >= 15 is 0 Å². The molecule has 0 spiro atoms. The number of carbonyl (C=O) groups is 1. The van der Waals surface area contributed by atoms with Crippen LogP contribution in [-0.2, 0) is 11.3 Å². The van der Waals surface area contributed by atoms with E-state index in [1.807, 2.05) is 36.9 Å². The Labute approximate surface area is 162 Å². The molecular formula is C20H20N6O2. The molecule has 8 heteroatoms. The molecule has 1 fully saturated rings. The van der Waals surface area contributed by atoms with E-state index in [9.17, 15) is 4.79 Å². The first-order valence-electron chi connectivity index (χ1n) is 9.31. The summed E-state index contributed by atoms with van der Waals surface area (Å²) in [5, 5.41) is 8.73. The predicted molar refractivity (Wildman–Crippen MR) is 100 cm³/mol. The van der Waals surface area contributed by atoms with Crippen LogP contribution in [0.3, 0.4) is 0 Å². The van der Waals surface area contributed by atoms with Gasteiger partial charge >= 0.3 is 0 Å². The first-order chi connectivity index (χ1) is 13.6.